The monoisotopic (exact) mass is 295 g/mol. The van der Waals surface area contributed by atoms with Crippen molar-refractivity contribution < 1.29 is 10.0 Å². The Morgan fingerprint density at radius 3 is 2.70 bits per heavy atom. The fourth-order valence-corrected chi connectivity index (χ4v) is 2.54. The molecule has 1 aliphatic rings. The molecule has 1 fully saturated rings. The Bertz CT molecular complexity index is 550. The molecule has 0 saturated carbocycles. The Morgan fingerprint density at radius 2 is 2.15 bits per heavy atom. The molecule has 0 bridgehead atoms. The fraction of sp³-hybridized carbons (Fsp3) is 0.462. The molecule has 1 atom stereocenters. The van der Waals surface area contributed by atoms with Gasteiger partial charge in [0.05, 0.1) is 17.1 Å². The Morgan fingerprint density at radius 1 is 1.50 bits per heavy atom. The molecule has 1 N–H and O–H groups in total. The zero-order valence-corrected chi connectivity index (χ0v) is 11.5. The minimum atomic E-state index is -0.557. The summed E-state index contributed by atoms with van der Waals surface area (Å²) in [5.41, 5.74) is 0.362. The van der Waals surface area contributed by atoms with Gasteiger partial charge >= 0.3 is 0 Å². The highest BCUT2D eigenvalue weighted by molar-refractivity contribution is 6.32. The van der Waals surface area contributed by atoms with Crippen LogP contribution in [0.5, 0.6) is 0 Å². The Labute approximate surface area is 121 Å². The quantitative estimate of drug-likeness (QED) is 0.682. The number of aliphatic hydroxyl groups excluding tert-OH is 1. The summed E-state index contributed by atoms with van der Waals surface area (Å²) in [6.45, 7) is 1.19. The molecule has 7 heteroatoms. The molecule has 1 heterocycles. The van der Waals surface area contributed by atoms with Crippen molar-refractivity contribution in [3.63, 3.8) is 0 Å². The zero-order valence-electron chi connectivity index (χ0n) is 10.7. The van der Waals surface area contributed by atoms with E-state index in [1.807, 2.05) is 4.90 Å². The molecule has 20 heavy (non-hydrogen) atoms. The predicted molar refractivity (Wildman–Crippen MR) is 73.3 cm³/mol. The normalized spacial score (nSPS) is 18.4. The molecule has 1 aromatic rings. The van der Waals surface area contributed by atoms with Gasteiger partial charge in [-0.15, -0.1) is 0 Å². The van der Waals surface area contributed by atoms with Crippen LogP contribution in [-0.2, 0) is 0 Å². The van der Waals surface area contributed by atoms with E-state index in [2.05, 4.69) is 6.07 Å². The second kappa shape index (κ2) is 6.18. The molecule has 1 aliphatic heterocycles. The van der Waals surface area contributed by atoms with Gasteiger partial charge in [-0.3, -0.25) is 15.0 Å². The van der Waals surface area contributed by atoms with Crippen LogP contribution in [0, 0.1) is 21.4 Å². The standard InChI is InChI=1S/C13H14ClN3O3/c14-11-2-1-9(7-12(11)17(19)20)13(8-15)16-5-3-10(18)4-6-16/h1-2,7,10,13,18H,3-6H2. The number of halogens is 1. The summed E-state index contributed by atoms with van der Waals surface area (Å²) in [6.07, 6.45) is 0.881. The largest absolute Gasteiger partial charge is 0.393 e. The van der Waals surface area contributed by atoms with Gasteiger partial charge in [-0.05, 0) is 24.5 Å². The minimum absolute atomic E-state index is 0.0597. The number of aliphatic hydroxyl groups is 1. The molecule has 0 radical (unpaired) electrons. The van der Waals surface area contributed by atoms with Crippen molar-refractivity contribution in [2.45, 2.75) is 25.0 Å². The van der Waals surface area contributed by atoms with E-state index < -0.39 is 11.0 Å². The van der Waals surface area contributed by atoms with Gasteiger partial charge < -0.3 is 5.11 Å². The van der Waals surface area contributed by atoms with Gasteiger partial charge in [-0.1, -0.05) is 17.7 Å². The number of nitriles is 1. The summed E-state index contributed by atoms with van der Waals surface area (Å²) in [7, 11) is 0. The summed E-state index contributed by atoms with van der Waals surface area (Å²) in [4.78, 5) is 12.3. The maximum Gasteiger partial charge on any atom is 0.288 e. The fourth-order valence-electron chi connectivity index (χ4n) is 2.35. The van der Waals surface area contributed by atoms with E-state index in [-0.39, 0.29) is 16.8 Å². The molecule has 106 valence electrons. The topological polar surface area (TPSA) is 90.4 Å². The summed E-state index contributed by atoms with van der Waals surface area (Å²) in [6, 6.07) is 6.03. The molecular formula is C13H14ClN3O3. The van der Waals surface area contributed by atoms with E-state index in [4.69, 9.17) is 11.6 Å². The lowest BCUT2D eigenvalue weighted by Gasteiger charge is -2.32. The number of benzene rings is 1. The first-order valence-corrected chi connectivity index (χ1v) is 6.66. The van der Waals surface area contributed by atoms with E-state index in [1.54, 1.807) is 6.07 Å². The number of rotatable bonds is 3. The summed E-state index contributed by atoms with van der Waals surface area (Å²) in [5, 5.41) is 29.8. The van der Waals surface area contributed by atoms with E-state index in [9.17, 15) is 20.5 Å². The van der Waals surface area contributed by atoms with Crippen LogP contribution in [0.4, 0.5) is 5.69 Å². The van der Waals surface area contributed by atoms with Gasteiger partial charge in [0.1, 0.15) is 11.1 Å². The number of nitro benzene ring substituents is 1. The molecule has 2 rings (SSSR count). The van der Waals surface area contributed by atoms with Crippen LogP contribution in [0.2, 0.25) is 5.02 Å². The maximum absolute atomic E-state index is 10.9. The minimum Gasteiger partial charge on any atom is -0.393 e. The maximum atomic E-state index is 10.9. The molecule has 0 aliphatic carbocycles. The average Bonchev–Trinajstić information content (AvgIpc) is 2.43. The highest BCUT2D eigenvalue weighted by atomic mass is 35.5. The van der Waals surface area contributed by atoms with Crippen LogP contribution in [0.1, 0.15) is 24.4 Å². The van der Waals surface area contributed by atoms with E-state index >= 15 is 0 Å². The predicted octanol–water partition coefficient (Wildman–Crippen LogP) is 2.27. The first-order valence-electron chi connectivity index (χ1n) is 6.28. The van der Waals surface area contributed by atoms with Crippen molar-refractivity contribution in [1.29, 1.82) is 5.26 Å². The van der Waals surface area contributed by atoms with Crippen molar-refractivity contribution in [3.8, 4) is 6.07 Å². The zero-order chi connectivity index (χ0) is 14.7. The van der Waals surface area contributed by atoms with Crippen LogP contribution >= 0.6 is 11.6 Å². The third-order valence-electron chi connectivity index (χ3n) is 3.47. The van der Waals surface area contributed by atoms with Gasteiger partial charge in [0.15, 0.2) is 0 Å². The lowest BCUT2D eigenvalue weighted by atomic mass is 10.0. The van der Waals surface area contributed by atoms with Gasteiger partial charge in [0.2, 0.25) is 0 Å². The first-order chi connectivity index (χ1) is 9.52. The molecule has 1 unspecified atom stereocenters. The van der Waals surface area contributed by atoms with Crippen molar-refractivity contribution in [2.24, 2.45) is 0 Å². The second-order valence-corrected chi connectivity index (χ2v) is 5.17. The van der Waals surface area contributed by atoms with Gasteiger partial charge in [0, 0.05) is 19.2 Å². The second-order valence-electron chi connectivity index (χ2n) is 4.77. The van der Waals surface area contributed by atoms with Crippen LogP contribution in [0.3, 0.4) is 0 Å². The molecule has 1 aromatic carbocycles. The third kappa shape index (κ3) is 3.07. The SMILES string of the molecule is N#CC(c1ccc(Cl)c([N+](=O)[O-])c1)N1CCC(O)CC1. The van der Waals surface area contributed by atoms with Crippen molar-refractivity contribution >= 4 is 17.3 Å². The number of nitrogens with zero attached hydrogens (tertiary/aromatic N) is 3. The number of piperidine rings is 1. The van der Waals surface area contributed by atoms with E-state index in [0.717, 1.165) is 0 Å². The van der Waals surface area contributed by atoms with Gasteiger partial charge in [0.25, 0.3) is 5.69 Å². The molecule has 6 nitrogen and oxygen atoms in total. The lowest BCUT2D eigenvalue weighted by molar-refractivity contribution is -0.384. The lowest BCUT2D eigenvalue weighted by Crippen LogP contribution is -2.38. The number of nitro groups is 1. The Kier molecular flexibility index (Phi) is 4.55. The smallest absolute Gasteiger partial charge is 0.288 e. The van der Waals surface area contributed by atoms with Crippen molar-refractivity contribution in [1.82, 2.24) is 4.90 Å². The average molecular weight is 296 g/mol. The van der Waals surface area contributed by atoms with Crippen molar-refractivity contribution in [2.75, 3.05) is 13.1 Å². The number of likely N-dealkylation sites (tertiary alicyclic amines) is 1. The first kappa shape index (κ1) is 14.7. The highest BCUT2D eigenvalue weighted by Crippen LogP contribution is 2.31. The van der Waals surface area contributed by atoms with Crippen molar-refractivity contribution in [3.05, 3.63) is 38.9 Å². The third-order valence-corrected chi connectivity index (χ3v) is 3.79. The molecular weight excluding hydrogens is 282 g/mol. The highest BCUT2D eigenvalue weighted by Gasteiger charge is 2.26. The molecule has 0 amide bonds. The van der Waals surface area contributed by atoms with Crippen LogP contribution in [-0.4, -0.2) is 34.1 Å². The van der Waals surface area contributed by atoms with E-state index in [0.29, 0.717) is 31.5 Å². The molecule has 1 saturated heterocycles. The number of hydrogen-bond acceptors (Lipinski definition) is 5. The number of hydrogen-bond donors (Lipinski definition) is 1. The Balaban J connectivity index is 2.26. The van der Waals surface area contributed by atoms with Crippen LogP contribution in [0.25, 0.3) is 0 Å². The van der Waals surface area contributed by atoms with Crippen LogP contribution in [0.15, 0.2) is 18.2 Å². The summed E-state index contributed by atoms with van der Waals surface area (Å²) in [5.74, 6) is 0. The van der Waals surface area contributed by atoms with Gasteiger partial charge in [-0.2, -0.15) is 5.26 Å². The molecule has 0 aromatic heterocycles. The Hall–Kier alpha value is -1.68. The van der Waals surface area contributed by atoms with E-state index in [1.165, 1.54) is 12.1 Å². The summed E-state index contributed by atoms with van der Waals surface area (Å²) >= 11 is 5.77. The molecule has 0 spiro atoms. The summed E-state index contributed by atoms with van der Waals surface area (Å²) < 4.78 is 0. The van der Waals surface area contributed by atoms with Gasteiger partial charge in [-0.25, -0.2) is 0 Å². The van der Waals surface area contributed by atoms with Crippen LogP contribution < -0.4 is 0 Å².